The Kier molecular flexibility index (Phi) is 3.23. The molecule has 1 amide bonds. The summed E-state index contributed by atoms with van der Waals surface area (Å²) >= 11 is 3.31. The summed E-state index contributed by atoms with van der Waals surface area (Å²) in [5.41, 5.74) is 0.722. The Morgan fingerprint density at radius 3 is 2.76 bits per heavy atom. The number of pyridine rings is 1. The lowest BCUT2D eigenvalue weighted by Crippen LogP contribution is -2.44. The number of amides is 1. The van der Waals surface area contributed by atoms with Crippen LogP contribution in [0.3, 0.4) is 0 Å². The molecule has 1 saturated carbocycles. The lowest BCUT2D eigenvalue weighted by atomic mass is 10.1. The van der Waals surface area contributed by atoms with Gasteiger partial charge in [-0.25, -0.2) is 4.98 Å². The van der Waals surface area contributed by atoms with Crippen molar-refractivity contribution in [2.45, 2.75) is 38.3 Å². The molecule has 1 unspecified atom stereocenters. The summed E-state index contributed by atoms with van der Waals surface area (Å²) in [5, 5.41) is 12.5. The van der Waals surface area contributed by atoms with Gasteiger partial charge in [-0.15, -0.1) is 0 Å². The van der Waals surface area contributed by atoms with E-state index in [1.807, 2.05) is 13.0 Å². The number of aromatic nitrogens is 1. The third-order valence-corrected chi connectivity index (χ3v) is 3.79. The van der Waals surface area contributed by atoms with Crippen molar-refractivity contribution >= 4 is 21.8 Å². The molecular weight excluding hydrogens is 284 g/mol. The van der Waals surface area contributed by atoms with Crippen LogP contribution in [-0.2, 0) is 0 Å². The molecule has 1 aliphatic rings. The van der Waals surface area contributed by atoms with E-state index in [0.29, 0.717) is 10.2 Å². The van der Waals surface area contributed by atoms with Gasteiger partial charge in [0.05, 0.1) is 11.6 Å². The fourth-order valence-corrected chi connectivity index (χ4v) is 2.17. The average molecular weight is 299 g/mol. The van der Waals surface area contributed by atoms with E-state index in [4.69, 9.17) is 0 Å². The summed E-state index contributed by atoms with van der Waals surface area (Å²) in [6.45, 7) is 3.54. The average Bonchev–Trinajstić information content (AvgIpc) is 3.02. The van der Waals surface area contributed by atoms with E-state index >= 15 is 0 Å². The van der Waals surface area contributed by atoms with Crippen LogP contribution in [-0.4, -0.2) is 27.6 Å². The highest BCUT2D eigenvalue weighted by Crippen LogP contribution is 2.39. The normalized spacial score (nSPS) is 18.6. The highest BCUT2D eigenvalue weighted by molar-refractivity contribution is 9.10. The summed E-state index contributed by atoms with van der Waals surface area (Å²) < 4.78 is 0.669. The van der Waals surface area contributed by atoms with Gasteiger partial charge in [0.1, 0.15) is 5.69 Å². The molecule has 0 bridgehead atoms. The number of aliphatic hydroxyl groups excluding tert-OH is 1. The minimum atomic E-state index is -0.532. The van der Waals surface area contributed by atoms with E-state index in [1.54, 1.807) is 13.0 Å². The second kappa shape index (κ2) is 4.38. The molecule has 0 spiro atoms. The second-order valence-corrected chi connectivity index (χ2v) is 5.42. The Balaban J connectivity index is 2.18. The SMILES string of the molecule is Cc1ccc(Br)c(C(=O)NC2(C(C)O)CC2)n1. The van der Waals surface area contributed by atoms with Crippen LogP contribution in [0.5, 0.6) is 0 Å². The van der Waals surface area contributed by atoms with Gasteiger partial charge in [-0.2, -0.15) is 0 Å². The maximum Gasteiger partial charge on any atom is 0.271 e. The summed E-state index contributed by atoms with van der Waals surface area (Å²) in [6, 6.07) is 3.64. The van der Waals surface area contributed by atoms with Crippen molar-refractivity contribution in [3.63, 3.8) is 0 Å². The predicted molar refractivity (Wildman–Crippen MR) is 67.8 cm³/mol. The van der Waals surface area contributed by atoms with E-state index in [9.17, 15) is 9.90 Å². The minimum absolute atomic E-state index is 0.237. The molecular formula is C12H15BrN2O2. The summed E-state index contributed by atoms with van der Waals surface area (Å²) in [4.78, 5) is 16.3. The Morgan fingerprint density at radius 2 is 2.24 bits per heavy atom. The fourth-order valence-electron chi connectivity index (χ4n) is 1.77. The van der Waals surface area contributed by atoms with Gasteiger partial charge >= 0.3 is 0 Å². The van der Waals surface area contributed by atoms with Gasteiger partial charge in [0, 0.05) is 10.2 Å². The largest absolute Gasteiger partial charge is 0.391 e. The fraction of sp³-hybridized carbons (Fsp3) is 0.500. The number of aliphatic hydroxyl groups is 1. The second-order valence-electron chi connectivity index (χ2n) is 4.57. The lowest BCUT2D eigenvalue weighted by molar-refractivity contribution is 0.0825. The number of hydrogen-bond donors (Lipinski definition) is 2. The first-order valence-electron chi connectivity index (χ1n) is 5.58. The van der Waals surface area contributed by atoms with Crippen LogP contribution in [0.25, 0.3) is 0 Å². The maximum atomic E-state index is 12.1. The molecule has 1 atom stereocenters. The number of rotatable bonds is 3. The van der Waals surface area contributed by atoms with E-state index in [1.165, 1.54) is 0 Å². The predicted octanol–water partition coefficient (Wildman–Crippen LogP) is 1.80. The Labute approximate surface area is 109 Å². The van der Waals surface area contributed by atoms with E-state index in [-0.39, 0.29) is 5.91 Å². The summed E-state index contributed by atoms with van der Waals surface area (Å²) in [7, 11) is 0. The smallest absolute Gasteiger partial charge is 0.271 e. The quantitative estimate of drug-likeness (QED) is 0.894. The van der Waals surface area contributed by atoms with Gasteiger partial charge in [-0.3, -0.25) is 4.79 Å². The van der Waals surface area contributed by atoms with Crippen LogP contribution < -0.4 is 5.32 Å². The number of carbonyl (C=O) groups is 1. The summed E-state index contributed by atoms with van der Waals surface area (Å²) in [5.74, 6) is -0.237. The van der Waals surface area contributed by atoms with Crippen LogP contribution in [0.15, 0.2) is 16.6 Å². The minimum Gasteiger partial charge on any atom is -0.391 e. The topological polar surface area (TPSA) is 62.2 Å². The number of halogens is 1. The zero-order valence-electron chi connectivity index (χ0n) is 9.83. The number of nitrogens with zero attached hydrogens (tertiary/aromatic N) is 1. The molecule has 92 valence electrons. The number of aryl methyl sites for hydroxylation is 1. The Morgan fingerprint density at radius 1 is 1.59 bits per heavy atom. The molecule has 2 N–H and O–H groups in total. The van der Waals surface area contributed by atoms with Crippen LogP contribution in [0.1, 0.15) is 35.9 Å². The molecule has 1 aromatic heterocycles. The molecule has 0 aromatic carbocycles. The molecule has 17 heavy (non-hydrogen) atoms. The molecule has 4 nitrogen and oxygen atoms in total. The van der Waals surface area contributed by atoms with Crippen molar-refractivity contribution in [1.82, 2.24) is 10.3 Å². The van der Waals surface area contributed by atoms with Crippen LogP contribution >= 0.6 is 15.9 Å². The highest BCUT2D eigenvalue weighted by Gasteiger charge is 2.48. The van der Waals surface area contributed by atoms with Gasteiger partial charge in [0.15, 0.2) is 0 Å². The van der Waals surface area contributed by atoms with Gasteiger partial charge < -0.3 is 10.4 Å². The van der Waals surface area contributed by atoms with Gasteiger partial charge in [0.2, 0.25) is 0 Å². The standard InChI is InChI=1S/C12H15BrN2O2/c1-7-3-4-9(13)10(14-7)11(17)15-12(5-6-12)8(2)16/h3-4,8,16H,5-6H2,1-2H3,(H,15,17). The molecule has 1 heterocycles. The molecule has 1 aliphatic carbocycles. The van der Waals surface area contributed by atoms with Crippen molar-refractivity contribution in [1.29, 1.82) is 0 Å². The molecule has 5 heteroatoms. The Bertz CT molecular complexity index is 456. The first kappa shape index (κ1) is 12.5. The van der Waals surface area contributed by atoms with Crippen LogP contribution in [0.2, 0.25) is 0 Å². The first-order valence-corrected chi connectivity index (χ1v) is 6.38. The van der Waals surface area contributed by atoms with Crippen molar-refractivity contribution in [3.8, 4) is 0 Å². The Hall–Kier alpha value is -0.940. The molecule has 0 aliphatic heterocycles. The van der Waals surface area contributed by atoms with Crippen LogP contribution in [0.4, 0.5) is 0 Å². The van der Waals surface area contributed by atoms with Crippen molar-refractivity contribution in [3.05, 3.63) is 28.0 Å². The summed E-state index contributed by atoms with van der Waals surface area (Å²) in [6.07, 6.45) is 1.11. The van der Waals surface area contributed by atoms with Crippen molar-refractivity contribution in [2.75, 3.05) is 0 Å². The molecule has 1 aromatic rings. The molecule has 0 radical (unpaired) electrons. The van der Waals surface area contributed by atoms with Gasteiger partial charge in [-0.1, -0.05) is 0 Å². The monoisotopic (exact) mass is 298 g/mol. The number of carbonyl (C=O) groups excluding carboxylic acids is 1. The zero-order chi connectivity index (χ0) is 12.6. The van der Waals surface area contributed by atoms with Gasteiger partial charge in [-0.05, 0) is 54.8 Å². The van der Waals surface area contributed by atoms with E-state index in [0.717, 1.165) is 18.5 Å². The first-order chi connectivity index (χ1) is 7.94. The highest BCUT2D eigenvalue weighted by atomic mass is 79.9. The third-order valence-electron chi connectivity index (χ3n) is 3.15. The molecule has 2 rings (SSSR count). The number of nitrogens with one attached hydrogen (secondary N) is 1. The maximum absolute atomic E-state index is 12.1. The molecule has 0 saturated heterocycles. The van der Waals surface area contributed by atoms with E-state index in [2.05, 4.69) is 26.2 Å². The van der Waals surface area contributed by atoms with E-state index < -0.39 is 11.6 Å². The van der Waals surface area contributed by atoms with Gasteiger partial charge in [0.25, 0.3) is 5.91 Å². The third kappa shape index (κ3) is 2.50. The lowest BCUT2D eigenvalue weighted by Gasteiger charge is -2.20. The van der Waals surface area contributed by atoms with Crippen LogP contribution in [0, 0.1) is 6.92 Å². The zero-order valence-corrected chi connectivity index (χ0v) is 11.4. The molecule has 1 fully saturated rings. The van der Waals surface area contributed by atoms with Crippen molar-refractivity contribution < 1.29 is 9.90 Å². The number of hydrogen-bond acceptors (Lipinski definition) is 3. The van der Waals surface area contributed by atoms with Crippen molar-refractivity contribution in [2.24, 2.45) is 0 Å².